The van der Waals surface area contributed by atoms with Gasteiger partial charge in [0.15, 0.2) is 0 Å². The minimum atomic E-state index is 0.0580. The average molecular weight is 393 g/mol. The van der Waals surface area contributed by atoms with Gasteiger partial charge in [-0.05, 0) is 63.7 Å². The van der Waals surface area contributed by atoms with Crippen molar-refractivity contribution in [2.24, 2.45) is 11.8 Å². The molecule has 2 saturated carbocycles. The highest BCUT2D eigenvalue weighted by atomic mass is 16.5. The Morgan fingerprint density at radius 3 is 2.64 bits per heavy atom. The molecule has 0 aromatic heterocycles. The summed E-state index contributed by atoms with van der Waals surface area (Å²) in [7, 11) is 0. The third kappa shape index (κ3) is 3.78. The molecule has 1 spiro atoms. The summed E-state index contributed by atoms with van der Waals surface area (Å²) in [5.41, 5.74) is 0.0580. The standard InChI is InChI=1S/C23H40N2O3/c1-17-14-23(16-26-12-10-24-23)22-15-28-19-8-6-18(7-9-19)20-4-2-3-5-21(20)27-13-11-25(17)22/h17-22,24H,2-16H2,1H3/t17-,18?,19?,20?,21?,22-,23+/m1/s1. The lowest BCUT2D eigenvalue weighted by atomic mass is 9.71. The Kier molecular flexibility index (Phi) is 6.00. The van der Waals surface area contributed by atoms with E-state index in [0.29, 0.717) is 24.3 Å². The highest BCUT2D eigenvalue weighted by Crippen LogP contribution is 2.42. The summed E-state index contributed by atoms with van der Waals surface area (Å²) in [6.45, 7) is 7.72. The lowest BCUT2D eigenvalue weighted by molar-refractivity contribution is -0.0509. The Labute approximate surface area is 170 Å². The first-order valence-corrected chi connectivity index (χ1v) is 12.1. The van der Waals surface area contributed by atoms with Gasteiger partial charge in [-0.2, -0.15) is 0 Å². The minimum Gasteiger partial charge on any atom is -0.378 e. The van der Waals surface area contributed by atoms with Crippen LogP contribution in [0.2, 0.25) is 0 Å². The highest BCUT2D eigenvalue weighted by molar-refractivity contribution is 5.10. The first-order valence-electron chi connectivity index (χ1n) is 12.1. The average Bonchev–Trinajstić information content (AvgIpc) is 2.98. The lowest BCUT2D eigenvalue weighted by Crippen LogP contribution is -2.63. The fraction of sp³-hybridized carbons (Fsp3) is 1.00. The molecule has 2 unspecified atom stereocenters. The van der Waals surface area contributed by atoms with Gasteiger partial charge in [-0.3, -0.25) is 4.90 Å². The van der Waals surface area contributed by atoms with Crippen LogP contribution in [0.25, 0.3) is 0 Å². The second-order valence-electron chi connectivity index (χ2n) is 10.2. The normalized spacial score (nSPS) is 48.3. The maximum absolute atomic E-state index is 6.61. The Bertz CT molecular complexity index is 516. The molecule has 4 saturated heterocycles. The van der Waals surface area contributed by atoms with Gasteiger partial charge in [-0.1, -0.05) is 12.8 Å². The van der Waals surface area contributed by atoms with Crippen LogP contribution in [0.3, 0.4) is 0 Å². The smallest absolute Gasteiger partial charge is 0.0665 e. The number of nitrogens with one attached hydrogen (secondary N) is 1. The fourth-order valence-corrected chi connectivity index (χ4v) is 7.15. The summed E-state index contributed by atoms with van der Waals surface area (Å²) in [4.78, 5) is 2.67. The Hall–Kier alpha value is -0.200. The topological polar surface area (TPSA) is 43.0 Å². The zero-order valence-corrected chi connectivity index (χ0v) is 17.7. The number of ether oxygens (including phenoxy) is 3. The predicted molar refractivity (Wildman–Crippen MR) is 110 cm³/mol. The van der Waals surface area contributed by atoms with Crippen molar-refractivity contribution < 1.29 is 14.2 Å². The first-order chi connectivity index (χ1) is 13.8. The molecular formula is C23H40N2O3. The number of morpholine rings is 1. The van der Waals surface area contributed by atoms with Gasteiger partial charge < -0.3 is 19.5 Å². The summed E-state index contributed by atoms with van der Waals surface area (Å²) < 4.78 is 19.2. The molecule has 160 valence electrons. The molecule has 28 heavy (non-hydrogen) atoms. The molecule has 1 N–H and O–H groups in total. The zero-order chi connectivity index (χ0) is 19.0. The van der Waals surface area contributed by atoms with E-state index in [2.05, 4.69) is 17.1 Å². The summed E-state index contributed by atoms with van der Waals surface area (Å²) in [6, 6.07) is 0.946. The molecule has 0 aromatic rings. The number of hydrogen-bond acceptors (Lipinski definition) is 5. The molecular weight excluding hydrogens is 352 g/mol. The first kappa shape index (κ1) is 19.7. The van der Waals surface area contributed by atoms with E-state index in [-0.39, 0.29) is 5.54 Å². The maximum Gasteiger partial charge on any atom is 0.0665 e. The molecule has 5 heteroatoms. The van der Waals surface area contributed by atoms with Gasteiger partial charge >= 0.3 is 0 Å². The van der Waals surface area contributed by atoms with Crippen LogP contribution < -0.4 is 5.32 Å². The van der Waals surface area contributed by atoms with Crippen LogP contribution in [0.15, 0.2) is 0 Å². The van der Waals surface area contributed by atoms with Gasteiger partial charge in [0.25, 0.3) is 0 Å². The lowest BCUT2D eigenvalue weighted by Gasteiger charge is -2.42. The molecule has 0 amide bonds. The summed E-state index contributed by atoms with van der Waals surface area (Å²) >= 11 is 0. The van der Waals surface area contributed by atoms with E-state index in [0.717, 1.165) is 57.8 Å². The third-order valence-electron chi connectivity index (χ3n) is 8.60. The minimum absolute atomic E-state index is 0.0580. The second kappa shape index (κ2) is 8.50. The molecule has 2 aliphatic carbocycles. The summed E-state index contributed by atoms with van der Waals surface area (Å²) in [5.74, 6) is 1.66. The van der Waals surface area contributed by atoms with E-state index < -0.39 is 0 Å². The molecule has 2 bridgehead atoms. The van der Waals surface area contributed by atoms with Crippen molar-refractivity contribution in [1.29, 1.82) is 0 Å². The van der Waals surface area contributed by atoms with Gasteiger partial charge in [0.2, 0.25) is 0 Å². The summed E-state index contributed by atoms with van der Waals surface area (Å²) in [6.07, 6.45) is 12.7. The van der Waals surface area contributed by atoms with Crippen LogP contribution in [0.5, 0.6) is 0 Å². The van der Waals surface area contributed by atoms with Gasteiger partial charge in [-0.15, -0.1) is 0 Å². The van der Waals surface area contributed by atoms with E-state index >= 15 is 0 Å². The number of fused-ring (bicyclic) bond motifs is 5. The number of rotatable bonds is 0. The van der Waals surface area contributed by atoms with Crippen molar-refractivity contribution in [3.63, 3.8) is 0 Å². The predicted octanol–water partition coefficient (Wildman–Crippen LogP) is 2.97. The van der Waals surface area contributed by atoms with Crippen LogP contribution in [0.4, 0.5) is 0 Å². The molecule has 5 nitrogen and oxygen atoms in total. The van der Waals surface area contributed by atoms with E-state index in [1.807, 2.05) is 0 Å². The maximum atomic E-state index is 6.61. The van der Waals surface area contributed by atoms with Gasteiger partial charge in [-0.25, -0.2) is 0 Å². The largest absolute Gasteiger partial charge is 0.378 e. The SMILES string of the molecule is C[C@@H]1C[C@]2(COCCN2)[C@H]2COC3CCC(CC3)C3CCCCC3OCCN12. The third-order valence-corrected chi connectivity index (χ3v) is 8.60. The Morgan fingerprint density at radius 1 is 0.964 bits per heavy atom. The van der Waals surface area contributed by atoms with Crippen molar-refractivity contribution in [2.75, 3.05) is 39.5 Å². The van der Waals surface area contributed by atoms with Crippen LogP contribution in [0, 0.1) is 11.8 Å². The number of hydrogen-bond donors (Lipinski definition) is 1. The zero-order valence-electron chi connectivity index (χ0n) is 17.7. The quantitative estimate of drug-likeness (QED) is 0.687. The molecule has 6 rings (SSSR count). The van der Waals surface area contributed by atoms with Crippen LogP contribution in [-0.4, -0.2) is 74.2 Å². The van der Waals surface area contributed by atoms with E-state index in [1.54, 1.807) is 0 Å². The van der Waals surface area contributed by atoms with Crippen LogP contribution in [0.1, 0.15) is 64.7 Å². The highest BCUT2D eigenvalue weighted by Gasteiger charge is 2.52. The van der Waals surface area contributed by atoms with Crippen molar-refractivity contribution in [2.45, 2.75) is 94.5 Å². The molecule has 0 aromatic carbocycles. The fourth-order valence-electron chi connectivity index (χ4n) is 7.15. The summed E-state index contributed by atoms with van der Waals surface area (Å²) in [5, 5.41) is 3.85. The van der Waals surface area contributed by atoms with Crippen LogP contribution in [-0.2, 0) is 14.2 Å². The second-order valence-corrected chi connectivity index (χ2v) is 10.2. The van der Waals surface area contributed by atoms with E-state index in [9.17, 15) is 0 Å². The Balaban J connectivity index is 1.36. The van der Waals surface area contributed by atoms with Crippen molar-refractivity contribution in [1.82, 2.24) is 10.2 Å². The van der Waals surface area contributed by atoms with Gasteiger partial charge in [0.1, 0.15) is 0 Å². The molecule has 6 fully saturated rings. The van der Waals surface area contributed by atoms with Gasteiger partial charge in [0.05, 0.1) is 50.2 Å². The van der Waals surface area contributed by atoms with Crippen LogP contribution >= 0.6 is 0 Å². The van der Waals surface area contributed by atoms with E-state index in [4.69, 9.17) is 14.2 Å². The van der Waals surface area contributed by atoms with Crippen molar-refractivity contribution >= 4 is 0 Å². The molecule has 0 radical (unpaired) electrons. The van der Waals surface area contributed by atoms with E-state index in [1.165, 1.54) is 51.4 Å². The van der Waals surface area contributed by atoms with Gasteiger partial charge in [0, 0.05) is 19.1 Å². The number of nitrogens with zero attached hydrogens (tertiary/aromatic N) is 1. The monoisotopic (exact) mass is 392 g/mol. The Morgan fingerprint density at radius 2 is 1.82 bits per heavy atom. The van der Waals surface area contributed by atoms with Crippen molar-refractivity contribution in [3.05, 3.63) is 0 Å². The molecule has 6 aliphatic rings. The molecule has 4 aliphatic heterocycles. The van der Waals surface area contributed by atoms with Crippen molar-refractivity contribution in [3.8, 4) is 0 Å². The molecule has 5 atom stereocenters. The molecule has 4 heterocycles.